The molecule has 0 atom stereocenters. The van der Waals surface area contributed by atoms with Crippen LogP contribution in [0.5, 0.6) is 0 Å². The predicted octanol–water partition coefficient (Wildman–Crippen LogP) is 4.85. The third kappa shape index (κ3) is 4.61. The molecule has 2 aromatic carbocycles. The second-order valence-corrected chi connectivity index (χ2v) is 10.4. The number of carbonyl (C=O) groups excluding carboxylic acids is 1. The van der Waals surface area contributed by atoms with Gasteiger partial charge < -0.3 is 14.5 Å². The Hall–Kier alpha value is -3.07. The van der Waals surface area contributed by atoms with E-state index in [4.69, 9.17) is 26.3 Å². The van der Waals surface area contributed by atoms with Gasteiger partial charge in [-0.05, 0) is 62.0 Å². The van der Waals surface area contributed by atoms with Gasteiger partial charge in [0.25, 0.3) is 0 Å². The number of methoxy groups -OCH3 is 1. The van der Waals surface area contributed by atoms with Gasteiger partial charge in [-0.15, -0.1) is 11.3 Å². The molecule has 0 amide bonds. The molecule has 9 heteroatoms. The largest absolute Gasteiger partial charge is 0.469 e. The molecule has 4 aromatic rings. The molecule has 35 heavy (non-hydrogen) atoms. The number of carbonyl (C=O) groups is 1. The molecule has 0 spiro atoms. The van der Waals surface area contributed by atoms with Crippen molar-refractivity contribution in [1.82, 2.24) is 19.9 Å². The molecular weight excluding hydrogens is 482 g/mol. The van der Waals surface area contributed by atoms with Crippen LogP contribution in [0.3, 0.4) is 0 Å². The number of esters is 1. The molecule has 2 aromatic heterocycles. The molecule has 1 fully saturated rings. The summed E-state index contributed by atoms with van der Waals surface area (Å²) in [6, 6.07) is 12.1. The first-order valence-electron chi connectivity index (χ1n) is 11.3. The highest BCUT2D eigenvalue weighted by Gasteiger charge is 2.30. The smallest absolute Gasteiger partial charge is 0.310 e. The Labute approximate surface area is 213 Å². The minimum Gasteiger partial charge on any atom is -0.469 e. The Kier molecular flexibility index (Phi) is 6.44. The van der Waals surface area contributed by atoms with Crippen LogP contribution in [0.15, 0.2) is 42.6 Å². The minimum absolute atomic E-state index is 0.184. The zero-order valence-corrected chi connectivity index (χ0v) is 21.7. The van der Waals surface area contributed by atoms with Gasteiger partial charge in [0, 0.05) is 35.9 Å². The van der Waals surface area contributed by atoms with Gasteiger partial charge in [-0.2, -0.15) is 0 Å². The highest BCUT2D eigenvalue weighted by atomic mass is 35.5. The molecule has 1 aliphatic rings. The van der Waals surface area contributed by atoms with Crippen molar-refractivity contribution in [1.29, 1.82) is 0 Å². The normalized spacial score (nSPS) is 13.9. The number of rotatable bonds is 6. The molecule has 0 radical (unpaired) electrons. The molecule has 1 aliphatic heterocycles. The fourth-order valence-electron chi connectivity index (χ4n) is 4.28. The van der Waals surface area contributed by atoms with E-state index in [-0.39, 0.29) is 12.4 Å². The standard InChI is InChI=1S/C26H26ClN5O2S/c1-15-11-21-24(23(19(15)12-22(33)34-4)16-5-7-17(27)8-6-16)35-25(29-21)20-9-10-28-26(30-20)32-13-18(14-32)31(2)3/h5-11,18H,12-14H2,1-4H3. The van der Waals surface area contributed by atoms with Crippen molar-refractivity contribution in [3.63, 3.8) is 0 Å². The number of aryl methyl sites for hydroxylation is 1. The number of fused-ring (bicyclic) bond motifs is 1. The summed E-state index contributed by atoms with van der Waals surface area (Å²) >= 11 is 7.73. The molecule has 3 heterocycles. The third-order valence-electron chi connectivity index (χ3n) is 6.43. The average Bonchev–Trinajstić information content (AvgIpc) is 3.22. The maximum absolute atomic E-state index is 12.3. The van der Waals surface area contributed by atoms with Crippen LogP contribution in [0.25, 0.3) is 32.0 Å². The van der Waals surface area contributed by atoms with Gasteiger partial charge in [0.1, 0.15) is 10.7 Å². The number of anilines is 1. The molecule has 0 unspecified atom stereocenters. The molecule has 1 saturated heterocycles. The lowest BCUT2D eigenvalue weighted by Crippen LogP contribution is -2.58. The first kappa shape index (κ1) is 23.7. The van der Waals surface area contributed by atoms with Crippen LogP contribution in [-0.4, -0.2) is 66.2 Å². The first-order valence-corrected chi connectivity index (χ1v) is 12.5. The number of thiazole rings is 1. The summed E-state index contributed by atoms with van der Waals surface area (Å²) in [5.74, 6) is 0.443. The van der Waals surface area contributed by atoms with Gasteiger partial charge in [0.2, 0.25) is 5.95 Å². The number of aromatic nitrogens is 3. The average molecular weight is 508 g/mol. The number of likely N-dealkylation sites (N-methyl/N-ethyl adjacent to an activating group) is 1. The molecule has 5 rings (SSSR count). The number of ether oxygens (including phenoxy) is 1. The van der Waals surface area contributed by atoms with Crippen LogP contribution in [0, 0.1) is 6.92 Å². The summed E-state index contributed by atoms with van der Waals surface area (Å²) < 4.78 is 5.99. The van der Waals surface area contributed by atoms with Gasteiger partial charge in [-0.3, -0.25) is 4.79 Å². The van der Waals surface area contributed by atoms with Crippen molar-refractivity contribution in [2.24, 2.45) is 0 Å². The minimum atomic E-state index is -0.279. The van der Waals surface area contributed by atoms with Gasteiger partial charge in [-0.25, -0.2) is 15.0 Å². The summed E-state index contributed by atoms with van der Waals surface area (Å²) in [6.07, 6.45) is 1.98. The molecule has 0 aliphatic carbocycles. The number of benzene rings is 2. The van der Waals surface area contributed by atoms with Crippen molar-refractivity contribution in [2.75, 3.05) is 39.2 Å². The quantitative estimate of drug-likeness (QED) is 0.345. The fraction of sp³-hybridized carbons (Fsp3) is 0.308. The first-order chi connectivity index (χ1) is 16.8. The van der Waals surface area contributed by atoms with Crippen LogP contribution in [0.4, 0.5) is 5.95 Å². The fourth-order valence-corrected chi connectivity index (χ4v) is 5.51. The molecule has 0 saturated carbocycles. The van der Waals surface area contributed by atoms with Gasteiger partial charge in [-0.1, -0.05) is 23.7 Å². The van der Waals surface area contributed by atoms with E-state index in [0.29, 0.717) is 11.1 Å². The monoisotopic (exact) mass is 507 g/mol. The Morgan fingerprint density at radius 3 is 2.63 bits per heavy atom. The highest BCUT2D eigenvalue weighted by molar-refractivity contribution is 7.22. The Bertz CT molecular complexity index is 1400. The highest BCUT2D eigenvalue weighted by Crippen LogP contribution is 2.41. The van der Waals surface area contributed by atoms with Gasteiger partial charge >= 0.3 is 5.97 Å². The zero-order valence-electron chi connectivity index (χ0n) is 20.1. The van der Waals surface area contributed by atoms with Crippen LogP contribution < -0.4 is 4.90 Å². The SMILES string of the molecule is COC(=O)Cc1c(C)cc2nc(-c3ccnc(N4CC(N(C)C)C4)n3)sc2c1-c1ccc(Cl)cc1. The topological polar surface area (TPSA) is 71.5 Å². The molecule has 7 nitrogen and oxygen atoms in total. The molecule has 0 N–H and O–H groups in total. The van der Waals surface area contributed by atoms with Crippen molar-refractivity contribution in [2.45, 2.75) is 19.4 Å². The number of nitrogens with zero attached hydrogens (tertiary/aromatic N) is 5. The van der Waals surface area contributed by atoms with Crippen LogP contribution in [-0.2, 0) is 16.0 Å². The van der Waals surface area contributed by atoms with E-state index < -0.39 is 0 Å². The molecular formula is C26H26ClN5O2S. The number of hydrogen-bond donors (Lipinski definition) is 0. The van der Waals surface area contributed by atoms with Crippen molar-refractivity contribution in [3.05, 3.63) is 58.7 Å². The second-order valence-electron chi connectivity index (χ2n) is 8.94. The number of halogens is 1. The summed E-state index contributed by atoms with van der Waals surface area (Å²) in [6.45, 7) is 3.82. The van der Waals surface area contributed by atoms with Crippen LogP contribution in [0.2, 0.25) is 5.02 Å². The van der Waals surface area contributed by atoms with Gasteiger partial charge in [0.15, 0.2) is 0 Å². The summed E-state index contributed by atoms with van der Waals surface area (Å²) in [5, 5.41) is 1.48. The lowest BCUT2D eigenvalue weighted by atomic mass is 9.93. The summed E-state index contributed by atoms with van der Waals surface area (Å²) in [7, 11) is 5.60. The molecule has 0 bridgehead atoms. The van der Waals surface area contributed by atoms with Crippen molar-refractivity contribution >= 4 is 45.1 Å². The van der Waals surface area contributed by atoms with E-state index in [1.807, 2.05) is 43.3 Å². The maximum atomic E-state index is 12.3. The maximum Gasteiger partial charge on any atom is 0.310 e. The summed E-state index contributed by atoms with van der Waals surface area (Å²) in [5.41, 5.74) is 5.55. The Morgan fingerprint density at radius 2 is 1.94 bits per heavy atom. The lowest BCUT2D eigenvalue weighted by molar-refractivity contribution is -0.139. The second kappa shape index (κ2) is 9.53. The Morgan fingerprint density at radius 1 is 1.20 bits per heavy atom. The van der Waals surface area contributed by atoms with E-state index in [2.05, 4.69) is 28.9 Å². The molecule has 180 valence electrons. The van der Waals surface area contributed by atoms with Crippen molar-refractivity contribution < 1.29 is 9.53 Å². The third-order valence-corrected chi connectivity index (χ3v) is 7.79. The summed E-state index contributed by atoms with van der Waals surface area (Å²) in [4.78, 5) is 30.9. The van der Waals surface area contributed by atoms with Gasteiger partial charge in [0.05, 0.1) is 23.7 Å². The predicted molar refractivity (Wildman–Crippen MR) is 141 cm³/mol. The van der Waals surface area contributed by atoms with Crippen LogP contribution >= 0.6 is 22.9 Å². The zero-order chi connectivity index (χ0) is 24.7. The number of hydrogen-bond acceptors (Lipinski definition) is 8. The Balaban J connectivity index is 1.60. The van der Waals surface area contributed by atoms with E-state index >= 15 is 0 Å². The van der Waals surface area contributed by atoms with Crippen LogP contribution in [0.1, 0.15) is 11.1 Å². The van der Waals surface area contributed by atoms with E-state index in [0.717, 1.165) is 62.2 Å². The van der Waals surface area contributed by atoms with E-state index in [1.165, 1.54) is 7.11 Å². The lowest BCUT2D eigenvalue weighted by Gasteiger charge is -2.42. The van der Waals surface area contributed by atoms with E-state index in [1.54, 1.807) is 17.5 Å². The van der Waals surface area contributed by atoms with Crippen molar-refractivity contribution in [3.8, 4) is 21.8 Å². The van der Waals surface area contributed by atoms with E-state index in [9.17, 15) is 4.79 Å².